The molecule has 24 heavy (non-hydrogen) atoms. The fourth-order valence-corrected chi connectivity index (χ4v) is 4.42. The minimum Gasteiger partial charge on any atom is -0.507 e. The van der Waals surface area contributed by atoms with Crippen LogP contribution in [0, 0.1) is 5.41 Å². The summed E-state index contributed by atoms with van der Waals surface area (Å²) in [7, 11) is 0. The molecule has 0 unspecified atom stereocenters. The molecule has 1 aliphatic carbocycles. The second kappa shape index (κ2) is 6.13. The first-order valence-electron chi connectivity index (χ1n) is 9.50. The number of aromatic hydroxyl groups is 1. The van der Waals surface area contributed by atoms with Gasteiger partial charge in [-0.1, -0.05) is 38.3 Å². The highest BCUT2D eigenvalue weighted by molar-refractivity contribution is 5.55. The van der Waals surface area contributed by atoms with Gasteiger partial charge in [0.2, 0.25) is 0 Å². The van der Waals surface area contributed by atoms with Crippen molar-refractivity contribution in [2.75, 3.05) is 0 Å². The van der Waals surface area contributed by atoms with Crippen molar-refractivity contribution in [1.29, 1.82) is 0 Å². The summed E-state index contributed by atoms with van der Waals surface area (Å²) in [4.78, 5) is 0. The SMILES string of the molecule is CCCCCc1cc(O)c2c(c1)OC(C)(C)[C@]1(C)CCC(C)=C[C@@H]21. The molecule has 1 aromatic carbocycles. The average Bonchev–Trinajstić information content (AvgIpc) is 2.49. The summed E-state index contributed by atoms with van der Waals surface area (Å²) < 4.78 is 6.47. The van der Waals surface area contributed by atoms with Gasteiger partial charge in [-0.3, -0.25) is 0 Å². The van der Waals surface area contributed by atoms with E-state index in [0.717, 1.165) is 37.0 Å². The molecule has 0 bridgehead atoms. The Labute approximate surface area is 146 Å². The molecule has 0 aromatic heterocycles. The van der Waals surface area contributed by atoms with Crippen LogP contribution in [0.3, 0.4) is 0 Å². The Kier molecular flexibility index (Phi) is 4.44. The summed E-state index contributed by atoms with van der Waals surface area (Å²) in [6.45, 7) is 11.2. The van der Waals surface area contributed by atoms with Crippen molar-refractivity contribution < 1.29 is 9.84 Å². The van der Waals surface area contributed by atoms with Crippen LogP contribution >= 0.6 is 0 Å². The maximum absolute atomic E-state index is 10.8. The van der Waals surface area contributed by atoms with Crippen LogP contribution in [0.25, 0.3) is 0 Å². The highest BCUT2D eigenvalue weighted by Gasteiger charge is 2.54. The first-order chi connectivity index (χ1) is 11.3. The number of rotatable bonds is 4. The quantitative estimate of drug-likeness (QED) is 0.532. The topological polar surface area (TPSA) is 29.5 Å². The van der Waals surface area contributed by atoms with E-state index in [4.69, 9.17) is 4.74 Å². The molecule has 2 atom stereocenters. The summed E-state index contributed by atoms with van der Waals surface area (Å²) in [5.41, 5.74) is 3.38. The second-order valence-corrected chi connectivity index (χ2v) is 8.50. The van der Waals surface area contributed by atoms with Crippen molar-refractivity contribution in [3.05, 3.63) is 34.9 Å². The molecule has 1 N–H and O–H groups in total. The third-order valence-electron chi connectivity index (χ3n) is 6.48. The maximum Gasteiger partial charge on any atom is 0.127 e. The molecular weight excluding hydrogens is 296 g/mol. The molecule has 132 valence electrons. The van der Waals surface area contributed by atoms with Gasteiger partial charge in [0.05, 0.1) is 0 Å². The van der Waals surface area contributed by atoms with Crippen LogP contribution in [-0.2, 0) is 6.42 Å². The van der Waals surface area contributed by atoms with Crippen LogP contribution in [0.2, 0.25) is 0 Å². The smallest absolute Gasteiger partial charge is 0.127 e. The number of aryl methyl sites for hydroxylation is 1. The third-order valence-corrected chi connectivity index (χ3v) is 6.48. The first-order valence-corrected chi connectivity index (χ1v) is 9.50. The number of ether oxygens (including phenoxy) is 1. The summed E-state index contributed by atoms with van der Waals surface area (Å²) in [5.74, 6) is 1.53. The monoisotopic (exact) mass is 328 g/mol. The lowest BCUT2D eigenvalue weighted by molar-refractivity contribution is -0.0577. The lowest BCUT2D eigenvalue weighted by Gasteiger charge is -2.54. The van der Waals surface area contributed by atoms with Crippen LogP contribution < -0.4 is 4.74 Å². The largest absolute Gasteiger partial charge is 0.507 e. The lowest BCUT2D eigenvalue weighted by atomic mass is 9.57. The van der Waals surface area contributed by atoms with Gasteiger partial charge in [-0.2, -0.15) is 0 Å². The molecule has 0 saturated heterocycles. The molecular formula is C22H32O2. The highest BCUT2D eigenvalue weighted by atomic mass is 16.5. The molecule has 0 amide bonds. The van der Waals surface area contributed by atoms with E-state index in [9.17, 15) is 5.11 Å². The summed E-state index contributed by atoms with van der Waals surface area (Å²) in [6, 6.07) is 4.14. The van der Waals surface area contributed by atoms with E-state index in [1.54, 1.807) is 0 Å². The van der Waals surface area contributed by atoms with Gasteiger partial charge in [0, 0.05) is 16.9 Å². The minimum atomic E-state index is -0.240. The molecule has 1 aliphatic heterocycles. The van der Waals surface area contributed by atoms with Crippen molar-refractivity contribution in [2.45, 2.75) is 84.7 Å². The number of unbranched alkanes of at least 4 members (excludes halogenated alkanes) is 2. The van der Waals surface area contributed by atoms with Gasteiger partial charge < -0.3 is 9.84 Å². The molecule has 0 fully saturated rings. The molecule has 3 rings (SSSR count). The average molecular weight is 328 g/mol. The number of hydrogen-bond acceptors (Lipinski definition) is 2. The van der Waals surface area contributed by atoms with Crippen molar-refractivity contribution >= 4 is 0 Å². The third kappa shape index (κ3) is 2.74. The number of allylic oxidation sites excluding steroid dienone is 2. The Hall–Kier alpha value is -1.44. The van der Waals surface area contributed by atoms with Crippen molar-refractivity contribution in [1.82, 2.24) is 0 Å². The molecule has 1 heterocycles. The number of phenolic OH excluding ortho intramolecular Hbond substituents is 1. The number of fused-ring (bicyclic) bond motifs is 3. The van der Waals surface area contributed by atoms with Gasteiger partial charge in [-0.25, -0.2) is 0 Å². The van der Waals surface area contributed by atoms with Gasteiger partial charge in [-0.05, 0) is 64.2 Å². The molecule has 2 nitrogen and oxygen atoms in total. The normalized spacial score (nSPS) is 27.7. The van der Waals surface area contributed by atoms with Crippen LogP contribution in [0.1, 0.15) is 83.8 Å². The molecule has 2 aliphatic rings. The lowest BCUT2D eigenvalue weighted by Crippen LogP contribution is -2.53. The molecule has 0 spiro atoms. The van der Waals surface area contributed by atoms with Gasteiger partial charge >= 0.3 is 0 Å². The fraction of sp³-hybridized carbons (Fsp3) is 0.636. The Morgan fingerprint density at radius 2 is 1.96 bits per heavy atom. The summed E-state index contributed by atoms with van der Waals surface area (Å²) in [6.07, 6.45) is 9.20. The van der Waals surface area contributed by atoms with Gasteiger partial charge in [-0.15, -0.1) is 0 Å². The fourth-order valence-electron chi connectivity index (χ4n) is 4.42. The highest BCUT2D eigenvalue weighted by Crippen LogP contribution is 2.60. The van der Waals surface area contributed by atoms with Crippen molar-refractivity contribution in [3.8, 4) is 11.5 Å². The zero-order chi connectivity index (χ0) is 17.5. The van der Waals surface area contributed by atoms with E-state index < -0.39 is 0 Å². The van der Waals surface area contributed by atoms with E-state index in [1.165, 1.54) is 24.0 Å². The van der Waals surface area contributed by atoms with Crippen LogP contribution in [0.4, 0.5) is 0 Å². The first kappa shape index (κ1) is 17.4. The van der Waals surface area contributed by atoms with E-state index in [-0.39, 0.29) is 16.9 Å². The van der Waals surface area contributed by atoms with Crippen molar-refractivity contribution in [3.63, 3.8) is 0 Å². The van der Waals surface area contributed by atoms with E-state index in [1.807, 2.05) is 6.07 Å². The minimum absolute atomic E-state index is 0.0146. The predicted molar refractivity (Wildman–Crippen MR) is 99.9 cm³/mol. The Balaban J connectivity index is 2.05. The number of benzene rings is 1. The molecule has 0 saturated carbocycles. The number of hydrogen-bond donors (Lipinski definition) is 1. The van der Waals surface area contributed by atoms with Crippen LogP contribution in [-0.4, -0.2) is 10.7 Å². The molecule has 1 aromatic rings. The Morgan fingerprint density at radius 3 is 2.67 bits per heavy atom. The van der Waals surface area contributed by atoms with E-state index in [0.29, 0.717) is 5.75 Å². The van der Waals surface area contributed by atoms with E-state index >= 15 is 0 Å². The van der Waals surface area contributed by atoms with Gasteiger partial charge in [0.15, 0.2) is 0 Å². The Morgan fingerprint density at radius 1 is 1.21 bits per heavy atom. The van der Waals surface area contributed by atoms with Crippen LogP contribution in [0.5, 0.6) is 11.5 Å². The predicted octanol–water partition coefficient (Wildman–Crippen LogP) is 6.13. The van der Waals surface area contributed by atoms with Gasteiger partial charge in [0.1, 0.15) is 17.1 Å². The molecule has 2 heteroatoms. The summed E-state index contributed by atoms with van der Waals surface area (Å²) >= 11 is 0. The standard InChI is InChI=1S/C22H32O2/c1-6-7-8-9-16-13-18(23)20-17-12-15(2)10-11-22(17,5)21(3,4)24-19(20)14-16/h12-14,17,23H,6-11H2,1-5H3/t17-,22+/m0/s1. The van der Waals surface area contributed by atoms with E-state index in [2.05, 4.69) is 46.8 Å². The molecule has 0 radical (unpaired) electrons. The summed E-state index contributed by atoms with van der Waals surface area (Å²) in [5, 5.41) is 10.8. The van der Waals surface area contributed by atoms with Crippen molar-refractivity contribution in [2.24, 2.45) is 5.41 Å². The van der Waals surface area contributed by atoms with Crippen LogP contribution in [0.15, 0.2) is 23.8 Å². The Bertz CT molecular complexity index is 656. The zero-order valence-corrected chi connectivity index (χ0v) is 15.9. The maximum atomic E-state index is 10.8. The van der Waals surface area contributed by atoms with Gasteiger partial charge in [0.25, 0.3) is 0 Å². The second-order valence-electron chi connectivity index (χ2n) is 8.50. The zero-order valence-electron chi connectivity index (χ0n) is 15.9. The number of phenols is 1.